The number of ketones is 1. The van der Waals surface area contributed by atoms with Crippen LogP contribution in [-0.4, -0.2) is 44.0 Å². The molecule has 3 rings (SSSR count). The minimum atomic E-state index is -0.793. The third-order valence-electron chi connectivity index (χ3n) is 5.47. The molecule has 1 aliphatic rings. The highest BCUT2D eigenvalue weighted by Crippen LogP contribution is 2.43. The standard InChI is InChI=1S/C22H23NO6/c1-11-15-10-16(21(25)28-4)18(22(26)29-5)17(15)12(2)23-19(11)20(24)13-6-8-14(27-3)9-7-13/h6-9,16,18H,10H2,1-5H3. The minimum Gasteiger partial charge on any atom is -0.497 e. The third-order valence-corrected chi connectivity index (χ3v) is 5.47. The second kappa shape index (κ2) is 8.03. The summed E-state index contributed by atoms with van der Waals surface area (Å²) >= 11 is 0. The molecule has 7 heteroatoms. The predicted molar refractivity (Wildman–Crippen MR) is 104 cm³/mol. The molecule has 2 unspecified atom stereocenters. The Labute approximate surface area is 169 Å². The van der Waals surface area contributed by atoms with Gasteiger partial charge >= 0.3 is 11.9 Å². The van der Waals surface area contributed by atoms with E-state index in [9.17, 15) is 14.4 Å². The first-order valence-electron chi connectivity index (χ1n) is 9.18. The van der Waals surface area contributed by atoms with Crippen LogP contribution in [-0.2, 0) is 25.5 Å². The van der Waals surface area contributed by atoms with Crippen molar-refractivity contribution in [2.75, 3.05) is 21.3 Å². The molecule has 1 aliphatic carbocycles. The summed E-state index contributed by atoms with van der Waals surface area (Å²) in [6.45, 7) is 3.52. The number of aryl methyl sites for hydroxylation is 1. The second-order valence-electron chi connectivity index (χ2n) is 6.96. The summed E-state index contributed by atoms with van der Waals surface area (Å²) in [5.41, 5.74) is 3.40. The minimum absolute atomic E-state index is 0.229. The van der Waals surface area contributed by atoms with E-state index >= 15 is 0 Å². The van der Waals surface area contributed by atoms with E-state index in [-0.39, 0.29) is 5.78 Å². The number of ether oxygens (including phenoxy) is 3. The molecular formula is C22H23NO6. The van der Waals surface area contributed by atoms with Gasteiger partial charge in [0.25, 0.3) is 0 Å². The Bertz CT molecular complexity index is 980. The van der Waals surface area contributed by atoms with Crippen LogP contribution in [0.5, 0.6) is 5.75 Å². The lowest BCUT2D eigenvalue weighted by molar-refractivity contribution is -0.153. The maximum atomic E-state index is 13.1. The highest BCUT2D eigenvalue weighted by Gasteiger charge is 2.45. The zero-order valence-corrected chi connectivity index (χ0v) is 17.1. The Morgan fingerprint density at radius 3 is 2.14 bits per heavy atom. The predicted octanol–water partition coefficient (Wildman–Crippen LogP) is 2.54. The van der Waals surface area contributed by atoms with Gasteiger partial charge in [-0.25, -0.2) is 4.98 Å². The third kappa shape index (κ3) is 3.48. The fourth-order valence-corrected chi connectivity index (χ4v) is 3.97. The normalized spacial score (nSPS) is 17.4. The number of nitrogens with zero attached hydrogens (tertiary/aromatic N) is 1. The van der Waals surface area contributed by atoms with E-state index in [2.05, 4.69) is 4.98 Å². The van der Waals surface area contributed by atoms with Gasteiger partial charge < -0.3 is 14.2 Å². The van der Waals surface area contributed by atoms with Crippen LogP contribution in [0.2, 0.25) is 0 Å². The highest BCUT2D eigenvalue weighted by molar-refractivity contribution is 6.09. The molecule has 2 aromatic rings. The van der Waals surface area contributed by atoms with Gasteiger partial charge in [0.1, 0.15) is 11.4 Å². The molecule has 152 valence electrons. The van der Waals surface area contributed by atoms with Crippen molar-refractivity contribution < 1.29 is 28.6 Å². The van der Waals surface area contributed by atoms with Gasteiger partial charge in [-0.1, -0.05) is 0 Å². The number of rotatable bonds is 5. The van der Waals surface area contributed by atoms with Crippen LogP contribution in [0.25, 0.3) is 0 Å². The van der Waals surface area contributed by atoms with E-state index in [0.29, 0.717) is 40.2 Å². The largest absolute Gasteiger partial charge is 0.497 e. The van der Waals surface area contributed by atoms with Crippen LogP contribution in [0.3, 0.4) is 0 Å². The van der Waals surface area contributed by atoms with Gasteiger partial charge in [0.2, 0.25) is 5.78 Å². The number of aromatic nitrogens is 1. The average molecular weight is 397 g/mol. The van der Waals surface area contributed by atoms with Crippen molar-refractivity contribution in [2.24, 2.45) is 5.92 Å². The Morgan fingerprint density at radius 1 is 0.966 bits per heavy atom. The lowest BCUT2D eigenvalue weighted by Gasteiger charge is -2.17. The van der Waals surface area contributed by atoms with E-state index < -0.39 is 23.8 Å². The first kappa shape index (κ1) is 20.5. The number of fused-ring (bicyclic) bond motifs is 1. The Balaban J connectivity index is 2.09. The molecule has 1 heterocycles. The van der Waals surface area contributed by atoms with Crippen LogP contribution < -0.4 is 4.74 Å². The van der Waals surface area contributed by atoms with Crippen molar-refractivity contribution in [1.82, 2.24) is 4.98 Å². The molecule has 0 N–H and O–H groups in total. The Kier molecular flexibility index (Phi) is 5.68. The topological polar surface area (TPSA) is 91.8 Å². The molecule has 0 amide bonds. The SMILES string of the molecule is COC(=O)C1Cc2c(C)c(C(=O)c3ccc(OC)cc3)nc(C)c2C1C(=O)OC. The Hall–Kier alpha value is -3.22. The fraction of sp³-hybridized carbons (Fsp3) is 0.364. The summed E-state index contributed by atoms with van der Waals surface area (Å²) in [6.07, 6.45) is 0.292. The molecule has 7 nitrogen and oxygen atoms in total. The number of benzene rings is 1. The van der Waals surface area contributed by atoms with Crippen molar-refractivity contribution in [3.63, 3.8) is 0 Å². The van der Waals surface area contributed by atoms with Crippen molar-refractivity contribution >= 4 is 17.7 Å². The van der Waals surface area contributed by atoms with Crippen LogP contribution in [0.4, 0.5) is 0 Å². The Morgan fingerprint density at radius 2 is 1.59 bits per heavy atom. The molecule has 2 atom stereocenters. The zero-order chi connectivity index (χ0) is 21.3. The summed E-state index contributed by atoms with van der Waals surface area (Å²) in [6, 6.07) is 6.78. The van der Waals surface area contributed by atoms with Gasteiger partial charge in [-0.2, -0.15) is 0 Å². The molecule has 0 saturated carbocycles. The fourth-order valence-electron chi connectivity index (χ4n) is 3.97. The van der Waals surface area contributed by atoms with Crippen LogP contribution >= 0.6 is 0 Å². The van der Waals surface area contributed by atoms with Crippen molar-refractivity contribution in [3.05, 3.63) is 57.9 Å². The zero-order valence-electron chi connectivity index (χ0n) is 17.1. The lowest BCUT2D eigenvalue weighted by atomic mass is 9.91. The molecule has 0 aliphatic heterocycles. The monoisotopic (exact) mass is 397 g/mol. The first-order chi connectivity index (χ1) is 13.8. The van der Waals surface area contributed by atoms with E-state index in [0.717, 1.165) is 5.56 Å². The second-order valence-corrected chi connectivity index (χ2v) is 6.96. The first-order valence-corrected chi connectivity index (χ1v) is 9.18. The van der Waals surface area contributed by atoms with E-state index in [4.69, 9.17) is 14.2 Å². The molecule has 1 aromatic carbocycles. The molecule has 1 aromatic heterocycles. The molecule has 29 heavy (non-hydrogen) atoms. The molecule has 0 fully saturated rings. The molecule has 0 spiro atoms. The van der Waals surface area contributed by atoms with Gasteiger partial charge in [0.15, 0.2) is 0 Å². The number of methoxy groups -OCH3 is 3. The summed E-state index contributed by atoms with van der Waals surface area (Å²) < 4.78 is 15.0. The summed E-state index contributed by atoms with van der Waals surface area (Å²) in [7, 11) is 4.13. The number of pyridine rings is 1. The van der Waals surface area contributed by atoms with Crippen molar-refractivity contribution in [2.45, 2.75) is 26.2 Å². The van der Waals surface area contributed by atoms with Crippen molar-refractivity contribution in [1.29, 1.82) is 0 Å². The van der Waals surface area contributed by atoms with Gasteiger partial charge in [-0.3, -0.25) is 14.4 Å². The molecular weight excluding hydrogens is 374 g/mol. The number of hydrogen-bond acceptors (Lipinski definition) is 7. The smallest absolute Gasteiger partial charge is 0.314 e. The lowest BCUT2D eigenvalue weighted by Crippen LogP contribution is -2.27. The molecule has 0 saturated heterocycles. The van der Waals surface area contributed by atoms with Crippen molar-refractivity contribution in [3.8, 4) is 5.75 Å². The summed E-state index contributed by atoms with van der Waals surface area (Å²) in [5.74, 6) is -2.08. The molecule has 0 bridgehead atoms. The molecule has 0 radical (unpaired) electrons. The van der Waals surface area contributed by atoms with E-state index in [1.54, 1.807) is 45.2 Å². The number of esters is 2. The van der Waals surface area contributed by atoms with Gasteiger partial charge in [-0.05, 0) is 61.2 Å². The van der Waals surface area contributed by atoms with Crippen LogP contribution in [0.1, 0.15) is 44.4 Å². The van der Waals surface area contributed by atoms with E-state index in [1.165, 1.54) is 14.2 Å². The van der Waals surface area contributed by atoms with Gasteiger partial charge in [0.05, 0.1) is 33.2 Å². The maximum absolute atomic E-state index is 13.1. The van der Waals surface area contributed by atoms with Crippen LogP contribution in [0, 0.1) is 19.8 Å². The number of carbonyl (C=O) groups excluding carboxylic acids is 3. The highest BCUT2D eigenvalue weighted by atomic mass is 16.5. The van der Waals surface area contributed by atoms with Gasteiger partial charge in [0, 0.05) is 11.3 Å². The quantitative estimate of drug-likeness (QED) is 0.565. The number of carbonyl (C=O) groups is 3. The summed E-state index contributed by atoms with van der Waals surface area (Å²) in [4.78, 5) is 42.3. The van der Waals surface area contributed by atoms with E-state index in [1.807, 2.05) is 0 Å². The number of hydrogen-bond donors (Lipinski definition) is 0. The van der Waals surface area contributed by atoms with Crippen LogP contribution in [0.15, 0.2) is 24.3 Å². The summed E-state index contributed by atoms with van der Waals surface area (Å²) in [5, 5.41) is 0. The average Bonchev–Trinajstić information content (AvgIpc) is 3.16. The maximum Gasteiger partial charge on any atom is 0.314 e. The van der Waals surface area contributed by atoms with Gasteiger partial charge in [-0.15, -0.1) is 0 Å².